The van der Waals surface area contributed by atoms with Crippen LogP contribution in [0.1, 0.15) is 21.9 Å². The summed E-state index contributed by atoms with van der Waals surface area (Å²) < 4.78 is 44.0. The van der Waals surface area contributed by atoms with Crippen LogP contribution in [-0.4, -0.2) is 24.6 Å². The minimum absolute atomic E-state index is 0.00843. The van der Waals surface area contributed by atoms with Gasteiger partial charge in [0.2, 0.25) is 5.82 Å². The van der Waals surface area contributed by atoms with Crippen molar-refractivity contribution in [3.05, 3.63) is 35.7 Å². The van der Waals surface area contributed by atoms with Gasteiger partial charge in [-0.2, -0.15) is 21.9 Å². The quantitative estimate of drug-likeness (QED) is 0.920. The van der Waals surface area contributed by atoms with Gasteiger partial charge in [0.05, 0.1) is 17.9 Å². The average Bonchev–Trinajstić information content (AvgIpc) is 2.89. The SMILES string of the molecule is O=C(NCc1cnc(C(F)(F)F)nc1)c1cnsn1. The average molecular weight is 289 g/mol. The lowest BCUT2D eigenvalue weighted by Gasteiger charge is -2.06. The molecular formula is C9H6F3N5OS. The Morgan fingerprint density at radius 2 is 1.95 bits per heavy atom. The molecule has 2 aromatic rings. The van der Waals surface area contributed by atoms with E-state index in [-0.39, 0.29) is 12.2 Å². The third kappa shape index (κ3) is 3.44. The van der Waals surface area contributed by atoms with Gasteiger partial charge in [-0.3, -0.25) is 4.79 Å². The fraction of sp³-hybridized carbons (Fsp3) is 0.222. The van der Waals surface area contributed by atoms with Crippen LogP contribution in [0, 0.1) is 0 Å². The minimum Gasteiger partial charge on any atom is -0.346 e. The largest absolute Gasteiger partial charge is 0.451 e. The smallest absolute Gasteiger partial charge is 0.346 e. The maximum absolute atomic E-state index is 12.2. The number of nitrogens with zero attached hydrogens (tertiary/aromatic N) is 4. The highest BCUT2D eigenvalue weighted by atomic mass is 32.1. The molecule has 0 bridgehead atoms. The van der Waals surface area contributed by atoms with Gasteiger partial charge in [-0.25, -0.2) is 9.97 Å². The van der Waals surface area contributed by atoms with Crippen LogP contribution in [-0.2, 0) is 12.7 Å². The van der Waals surface area contributed by atoms with Gasteiger partial charge in [0.25, 0.3) is 5.91 Å². The Morgan fingerprint density at radius 3 is 2.47 bits per heavy atom. The third-order valence-electron chi connectivity index (χ3n) is 2.01. The second-order valence-corrected chi connectivity index (χ2v) is 3.94. The summed E-state index contributed by atoms with van der Waals surface area (Å²) in [4.78, 5) is 17.8. The van der Waals surface area contributed by atoms with Crippen molar-refractivity contribution in [2.45, 2.75) is 12.7 Å². The van der Waals surface area contributed by atoms with Crippen LogP contribution in [0.5, 0.6) is 0 Å². The first-order valence-corrected chi connectivity index (χ1v) is 5.64. The summed E-state index contributed by atoms with van der Waals surface area (Å²) in [5.41, 5.74) is 0.502. The number of alkyl halides is 3. The molecule has 0 aliphatic rings. The van der Waals surface area contributed by atoms with E-state index in [4.69, 9.17) is 0 Å². The van der Waals surface area contributed by atoms with Crippen LogP contribution >= 0.6 is 11.7 Å². The van der Waals surface area contributed by atoms with E-state index < -0.39 is 17.9 Å². The molecule has 0 atom stereocenters. The van der Waals surface area contributed by atoms with E-state index in [9.17, 15) is 18.0 Å². The van der Waals surface area contributed by atoms with E-state index in [0.717, 1.165) is 24.1 Å². The highest BCUT2D eigenvalue weighted by Gasteiger charge is 2.34. The molecule has 0 radical (unpaired) electrons. The molecule has 0 saturated carbocycles. The summed E-state index contributed by atoms with van der Waals surface area (Å²) in [5, 5.41) is 2.46. The number of halogens is 3. The Morgan fingerprint density at radius 1 is 1.26 bits per heavy atom. The van der Waals surface area contributed by atoms with Gasteiger partial charge in [-0.05, 0) is 0 Å². The molecule has 0 fully saturated rings. The molecule has 0 aliphatic carbocycles. The van der Waals surface area contributed by atoms with E-state index in [1.54, 1.807) is 0 Å². The van der Waals surface area contributed by atoms with E-state index >= 15 is 0 Å². The highest BCUT2D eigenvalue weighted by molar-refractivity contribution is 6.99. The van der Waals surface area contributed by atoms with Crippen molar-refractivity contribution in [3.8, 4) is 0 Å². The Kier molecular flexibility index (Phi) is 3.69. The monoisotopic (exact) mass is 289 g/mol. The maximum Gasteiger partial charge on any atom is 0.451 e. The first-order valence-electron chi connectivity index (χ1n) is 4.90. The Balaban J connectivity index is 1.95. The molecule has 10 heteroatoms. The predicted molar refractivity (Wildman–Crippen MR) is 58.1 cm³/mol. The zero-order valence-corrected chi connectivity index (χ0v) is 9.99. The van der Waals surface area contributed by atoms with Crippen molar-refractivity contribution in [1.29, 1.82) is 0 Å². The second-order valence-electron chi connectivity index (χ2n) is 3.39. The molecule has 2 rings (SSSR count). The molecule has 0 aliphatic heterocycles. The van der Waals surface area contributed by atoms with Crippen molar-refractivity contribution in [1.82, 2.24) is 24.0 Å². The lowest BCUT2D eigenvalue weighted by atomic mass is 10.3. The molecule has 19 heavy (non-hydrogen) atoms. The number of carbonyl (C=O) groups is 1. The van der Waals surface area contributed by atoms with Gasteiger partial charge in [-0.15, -0.1) is 0 Å². The molecule has 100 valence electrons. The van der Waals surface area contributed by atoms with Crippen molar-refractivity contribution in [2.75, 3.05) is 0 Å². The number of nitrogens with one attached hydrogen (secondary N) is 1. The number of carbonyl (C=O) groups excluding carboxylic acids is 1. The van der Waals surface area contributed by atoms with E-state index in [1.165, 1.54) is 6.20 Å². The molecule has 2 heterocycles. The van der Waals surface area contributed by atoms with Crippen LogP contribution in [0.25, 0.3) is 0 Å². The topological polar surface area (TPSA) is 80.7 Å². The number of hydrogen-bond donors (Lipinski definition) is 1. The summed E-state index contributed by atoms with van der Waals surface area (Å²) in [7, 11) is 0. The van der Waals surface area contributed by atoms with Crippen LogP contribution in [0.15, 0.2) is 18.6 Å². The molecule has 6 nitrogen and oxygen atoms in total. The summed E-state index contributed by atoms with van der Waals surface area (Å²) >= 11 is 0.884. The molecule has 0 saturated heterocycles. The number of aromatic nitrogens is 4. The van der Waals surface area contributed by atoms with Crippen molar-refractivity contribution < 1.29 is 18.0 Å². The van der Waals surface area contributed by atoms with Crippen molar-refractivity contribution >= 4 is 17.6 Å². The predicted octanol–water partition coefficient (Wildman–Crippen LogP) is 1.28. The van der Waals surface area contributed by atoms with Crippen LogP contribution in [0.2, 0.25) is 0 Å². The summed E-state index contributed by atoms with van der Waals surface area (Å²) in [6, 6.07) is 0. The Bertz CT molecular complexity index is 554. The maximum atomic E-state index is 12.2. The second kappa shape index (κ2) is 5.26. The first kappa shape index (κ1) is 13.3. The zero-order chi connectivity index (χ0) is 13.9. The highest BCUT2D eigenvalue weighted by Crippen LogP contribution is 2.25. The van der Waals surface area contributed by atoms with Gasteiger partial charge < -0.3 is 5.32 Å². The summed E-state index contributed by atoms with van der Waals surface area (Å²) in [6.45, 7) is 0.00843. The fourth-order valence-corrected chi connectivity index (χ4v) is 1.54. The molecule has 0 spiro atoms. The van der Waals surface area contributed by atoms with E-state index in [0.29, 0.717) is 5.56 Å². The third-order valence-corrected chi connectivity index (χ3v) is 2.48. The number of amides is 1. The zero-order valence-electron chi connectivity index (χ0n) is 9.18. The summed E-state index contributed by atoms with van der Waals surface area (Å²) in [6.07, 6.45) is -1.26. The molecular weight excluding hydrogens is 283 g/mol. The normalized spacial score (nSPS) is 11.3. The molecule has 0 aromatic carbocycles. The van der Waals surface area contributed by atoms with Gasteiger partial charge in [-0.1, -0.05) is 0 Å². The van der Waals surface area contributed by atoms with Gasteiger partial charge in [0, 0.05) is 24.5 Å². The Hall–Kier alpha value is -2.10. The van der Waals surface area contributed by atoms with Gasteiger partial charge >= 0.3 is 6.18 Å². The lowest BCUT2D eigenvalue weighted by Crippen LogP contribution is -2.23. The number of rotatable bonds is 3. The standard InChI is InChI=1S/C9H6F3N5OS/c10-9(11,12)8-14-2-5(3-15-8)1-13-7(18)6-4-16-19-17-6/h2-4H,1H2,(H,13,18). The van der Waals surface area contributed by atoms with Gasteiger partial charge in [0.1, 0.15) is 0 Å². The Labute approximate surface area is 109 Å². The van der Waals surface area contributed by atoms with Gasteiger partial charge in [0.15, 0.2) is 5.69 Å². The molecule has 1 amide bonds. The minimum atomic E-state index is -4.58. The first-order chi connectivity index (χ1) is 8.97. The number of hydrogen-bond acceptors (Lipinski definition) is 6. The molecule has 2 aromatic heterocycles. The van der Waals surface area contributed by atoms with E-state index in [1.807, 2.05) is 0 Å². The van der Waals surface area contributed by atoms with Crippen molar-refractivity contribution in [3.63, 3.8) is 0 Å². The van der Waals surface area contributed by atoms with E-state index in [2.05, 4.69) is 24.0 Å². The fourth-order valence-electron chi connectivity index (χ4n) is 1.13. The van der Waals surface area contributed by atoms with Crippen LogP contribution in [0.3, 0.4) is 0 Å². The molecule has 1 N–H and O–H groups in total. The summed E-state index contributed by atoms with van der Waals surface area (Å²) in [5.74, 6) is -1.68. The van der Waals surface area contributed by atoms with Crippen molar-refractivity contribution in [2.24, 2.45) is 0 Å². The van der Waals surface area contributed by atoms with Crippen LogP contribution < -0.4 is 5.32 Å². The lowest BCUT2D eigenvalue weighted by molar-refractivity contribution is -0.145. The van der Waals surface area contributed by atoms with Crippen LogP contribution in [0.4, 0.5) is 13.2 Å². The molecule has 0 unspecified atom stereocenters.